The number of fused-ring (bicyclic) bond motifs is 2. The van der Waals surface area contributed by atoms with Crippen LogP contribution < -0.4 is 5.32 Å². The number of thiazole rings is 1. The number of nitrogens with one attached hydrogen (secondary N) is 1. The summed E-state index contributed by atoms with van der Waals surface area (Å²) in [5.74, 6) is -1.73. The van der Waals surface area contributed by atoms with Crippen molar-refractivity contribution in [3.8, 4) is 0 Å². The summed E-state index contributed by atoms with van der Waals surface area (Å²) in [5.41, 5.74) is 0.396. The van der Waals surface area contributed by atoms with Crippen molar-refractivity contribution in [2.75, 3.05) is 11.9 Å². The van der Waals surface area contributed by atoms with E-state index in [0.717, 1.165) is 36.3 Å². The van der Waals surface area contributed by atoms with Crippen LogP contribution >= 0.6 is 11.3 Å². The average Bonchev–Trinajstić information content (AvgIpc) is 3.18. The zero-order valence-corrected chi connectivity index (χ0v) is 15.6. The molecule has 28 heavy (non-hydrogen) atoms. The summed E-state index contributed by atoms with van der Waals surface area (Å²) in [6.45, 7) is -0.152. The zero-order valence-electron chi connectivity index (χ0n) is 14.8. The second-order valence-corrected chi connectivity index (χ2v) is 7.70. The highest BCUT2D eigenvalue weighted by atomic mass is 32.1. The first-order valence-corrected chi connectivity index (χ1v) is 9.69. The van der Waals surface area contributed by atoms with Gasteiger partial charge in [-0.15, -0.1) is 11.3 Å². The van der Waals surface area contributed by atoms with Gasteiger partial charge in [-0.2, -0.15) is 0 Å². The van der Waals surface area contributed by atoms with Crippen molar-refractivity contribution in [3.05, 3.63) is 50.0 Å². The normalized spacial score (nSPS) is 15.4. The molecule has 144 valence electrons. The number of benzene rings is 1. The SMILES string of the molecule is O=C(CCN1C(=O)c2cccc([N+](=O)[O-])c2C1=O)Nc1nc2c(s1)CCCC2. The van der Waals surface area contributed by atoms with E-state index in [0.29, 0.717) is 5.13 Å². The van der Waals surface area contributed by atoms with Crippen molar-refractivity contribution in [1.29, 1.82) is 0 Å². The van der Waals surface area contributed by atoms with Gasteiger partial charge in [0.25, 0.3) is 17.5 Å². The summed E-state index contributed by atoms with van der Waals surface area (Å²) in [7, 11) is 0. The van der Waals surface area contributed by atoms with E-state index in [2.05, 4.69) is 10.3 Å². The Labute approximate surface area is 163 Å². The number of imide groups is 1. The molecule has 4 rings (SSSR count). The summed E-state index contributed by atoms with van der Waals surface area (Å²) in [4.78, 5) is 54.1. The Morgan fingerprint density at radius 2 is 2.04 bits per heavy atom. The molecule has 3 amide bonds. The second kappa shape index (κ2) is 7.12. The lowest BCUT2D eigenvalue weighted by atomic mass is 10.0. The molecule has 0 saturated heterocycles. The number of rotatable bonds is 5. The lowest BCUT2D eigenvalue weighted by Crippen LogP contribution is -2.33. The van der Waals surface area contributed by atoms with Gasteiger partial charge in [-0.1, -0.05) is 6.07 Å². The third kappa shape index (κ3) is 3.15. The fourth-order valence-electron chi connectivity index (χ4n) is 3.47. The number of carbonyl (C=O) groups is 3. The van der Waals surface area contributed by atoms with Crippen LogP contribution in [0.15, 0.2) is 18.2 Å². The summed E-state index contributed by atoms with van der Waals surface area (Å²) < 4.78 is 0. The minimum Gasteiger partial charge on any atom is -0.302 e. The number of hydrogen-bond donors (Lipinski definition) is 1. The van der Waals surface area contributed by atoms with Gasteiger partial charge in [-0.25, -0.2) is 4.98 Å². The molecule has 0 unspecified atom stereocenters. The van der Waals surface area contributed by atoms with E-state index in [1.807, 2.05) is 0 Å². The summed E-state index contributed by atoms with van der Waals surface area (Å²) in [5, 5.41) is 14.4. The fraction of sp³-hybridized carbons (Fsp3) is 0.333. The van der Waals surface area contributed by atoms with Crippen molar-refractivity contribution < 1.29 is 19.3 Å². The molecule has 0 atom stereocenters. The van der Waals surface area contributed by atoms with Gasteiger partial charge in [0, 0.05) is 23.9 Å². The molecule has 0 radical (unpaired) electrons. The van der Waals surface area contributed by atoms with Crippen LogP contribution in [-0.2, 0) is 17.6 Å². The van der Waals surface area contributed by atoms with Crippen molar-refractivity contribution in [1.82, 2.24) is 9.88 Å². The zero-order chi connectivity index (χ0) is 19.8. The highest BCUT2D eigenvalue weighted by Crippen LogP contribution is 2.31. The molecular weight excluding hydrogens is 384 g/mol. The lowest BCUT2D eigenvalue weighted by molar-refractivity contribution is -0.385. The van der Waals surface area contributed by atoms with Crippen molar-refractivity contribution >= 4 is 39.9 Å². The third-order valence-electron chi connectivity index (χ3n) is 4.83. The van der Waals surface area contributed by atoms with E-state index >= 15 is 0 Å². The summed E-state index contributed by atoms with van der Waals surface area (Å²) >= 11 is 1.45. The van der Waals surface area contributed by atoms with E-state index in [-0.39, 0.29) is 30.0 Å². The van der Waals surface area contributed by atoms with Gasteiger partial charge in [-0.05, 0) is 31.7 Å². The van der Waals surface area contributed by atoms with Gasteiger partial charge in [0.15, 0.2) is 5.13 Å². The number of aromatic nitrogens is 1. The van der Waals surface area contributed by atoms with Gasteiger partial charge in [-0.3, -0.25) is 29.4 Å². The number of nitro benzene ring substituents is 1. The van der Waals surface area contributed by atoms with Gasteiger partial charge < -0.3 is 5.32 Å². The van der Waals surface area contributed by atoms with E-state index < -0.39 is 22.4 Å². The Kier molecular flexibility index (Phi) is 4.63. The van der Waals surface area contributed by atoms with Gasteiger partial charge in [0.05, 0.1) is 16.2 Å². The maximum absolute atomic E-state index is 12.5. The number of anilines is 1. The Hall–Kier alpha value is -3.14. The number of amides is 3. The highest BCUT2D eigenvalue weighted by Gasteiger charge is 2.40. The van der Waals surface area contributed by atoms with Crippen LogP contribution in [0.1, 0.15) is 50.5 Å². The molecule has 9 nitrogen and oxygen atoms in total. The molecule has 1 aliphatic heterocycles. The molecular formula is C18H16N4O5S. The number of nitrogens with zero attached hydrogens (tertiary/aromatic N) is 3. The monoisotopic (exact) mass is 400 g/mol. The van der Waals surface area contributed by atoms with Crippen LogP contribution in [-0.4, -0.2) is 39.1 Å². The molecule has 0 bridgehead atoms. The van der Waals surface area contributed by atoms with E-state index in [4.69, 9.17) is 0 Å². The average molecular weight is 400 g/mol. The summed E-state index contributed by atoms with van der Waals surface area (Å²) in [6, 6.07) is 3.93. The standard InChI is InChI=1S/C18H16N4O5S/c23-14(20-18-19-11-5-1-2-7-13(11)28-18)8-9-21-16(24)10-4-3-6-12(22(26)27)15(10)17(21)25/h3-4,6H,1-2,5,7-9H2,(H,19,20,23). The topological polar surface area (TPSA) is 123 Å². The summed E-state index contributed by atoms with van der Waals surface area (Å²) in [6.07, 6.45) is 3.99. The molecule has 0 spiro atoms. The van der Waals surface area contributed by atoms with Crippen LogP contribution in [0.2, 0.25) is 0 Å². The minimum atomic E-state index is -0.746. The van der Waals surface area contributed by atoms with Gasteiger partial charge in [0.1, 0.15) is 5.56 Å². The predicted molar refractivity (Wildman–Crippen MR) is 100 cm³/mol. The molecule has 10 heteroatoms. The van der Waals surface area contributed by atoms with Crippen LogP contribution in [0.4, 0.5) is 10.8 Å². The molecule has 0 saturated carbocycles. The Balaban J connectivity index is 1.42. The fourth-order valence-corrected chi connectivity index (χ4v) is 4.54. The Morgan fingerprint density at radius 3 is 2.79 bits per heavy atom. The molecule has 0 fully saturated rings. The molecule has 2 aromatic rings. The first-order chi connectivity index (χ1) is 13.5. The van der Waals surface area contributed by atoms with Crippen molar-refractivity contribution in [3.63, 3.8) is 0 Å². The first-order valence-electron chi connectivity index (χ1n) is 8.87. The van der Waals surface area contributed by atoms with E-state index in [1.165, 1.54) is 34.4 Å². The van der Waals surface area contributed by atoms with Crippen LogP contribution in [0.5, 0.6) is 0 Å². The largest absolute Gasteiger partial charge is 0.302 e. The van der Waals surface area contributed by atoms with Gasteiger partial charge >= 0.3 is 0 Å². The van der Waals surface area contributed by atoms with E-state index in [1.54, 1.807) is 0 Å². The maximum Gasteiger partial charge on any atom is 0.282 e. The van der Waals surface area contributed by atoms with Crippen molar-refractivity contribution in [2.24, 2.45) is 0 Å². The number of carbonyl (C=O) groups excluding carboxylic acids is 3. The van der Waals surface area contributed by atoms with Gasteiger partial charge in [0.2, 0.25) is 5.91 Å². The predicted octanol–water partition coefficient (Wildman–Crippen LogP) is 2.55. The third-order valence-corrected chi connectivity index (χ3v) is 5.90. The highest BCUT2D eigenvalue weighted by molar-refractivity contribution is 7.15. The van der Waals surface area contributed by atoms with Crippen LogP contribution in [0.25, 0.3) is 0 Å². The first kappa shape index (κ1) is 18.2. The van der Waals surface area contributed by atoms with Crippen LogP contribution in [0.3, 0.4) is 0 Å². The quantitative estimate of drug-likeness (QED) is 0.467. The van der Waals surface area contributed by atoms with Crippen molar-refractivity contribution in [2.45, 2.75) is 32.1 Å². The molecule has 1 aromatic heterocycles. The minimum absolute atomic E-state index is 0.00722. The lowest BCUT2D eigenvalue weighted by Gasteiger charge is -2.12. The molecule has 1 aromatic carbocycles. The number of aryl methyl sites for hydroxylation is 2. The molecule has 1 N–H and O–H groups in total. The Bertz CT molecular complexity index is 992. The van der Waals surface area contributed by atoms with Crippen LogP contribution in [0, 0.1) is 10.1 Å². The molecule has 1 aliphatic carbocycles. The second-order valence-electron chi connectivity index (χ2n) is 6.61. The molecule has 2 heterocycles. The number of nitro groups is 1. The van der Waals surface area contributed by atoms with E-state index in [9.17, 15) is 24.5 Å². The number of hydrogen-bond acceptors (Lipinski definition) is 7. The smallest absolute Gasteiger partial charge is 0.282 e. The molecule has 2 aliphatic rings. The Morgan fingerprint density at radius 1 is 1.25 bits per heavy atom. The maximum atomic E-state index is 12.5.